The van der Waals surface area contributed by atoms with Gasteiger partial charge in [0.15, 0.2) is 0 Å². The van der Waals surface area contributed by atoms with Crippen LogP contribution in [0, 0.1) is 0 Å². The van der Waals surface area contributed by atoms with Crippen molar-refractivity contribution >= 4 is 21.9 Å². The van der Waals surface area contributed by atoms with Crippen LogP contribution in [0.3, 0.4) is 0 Å². The zero-order valence-corrected chi connectivity index (χ0v) is 13.2. The summed E-state index contributed by atoms with van der Waals surface area (Å²) in [5, 5.41) is 0. The molecule has 0 amide bonds. The maximum atomic E-state index is 5.12. The molecule has 0 bridgehead atoms. The minimum atomic E-state index is 0.744. The molecule has 1 heterocycles. The van der Waals surface area contributed by atoms with Crippen LogP contribution >= 0.6 is 21.9 Å². The predicted molar refractivity (Wildman–Crippen MR) is 82.5 cm³/mol. The molecule has 0 aromatic heterocycles. The molecule has 0 aromatic rings. The van der Waals surface area contributed by atoms with Crippen LogP contribution in [0.4, 0.5) is 0 Å². The minimum absolute atomic E-state index is 0.744. The molecule has 1 aliphatic heterocycles. The maximum Gasteiger partial charge on any atom is 0.102 e. The fraction of sp³-hybridized carbons (Fsp3) is 1.00. The molecule has 4 heteroatoms. The van der Waals surface area contributed by atoms with Crippen molar-refractivity contribution in [3.05, 3.63) is 0 Å². The van der Waals surface area contributed by atoms with Gasteiger partial charge in [0.25, 0.3) is 0 Å². The predicted octanol–water partition coefficient (Wildman–Crippen LogP) is 5.93. The molecular weight excluding hydrogens is 264 g/mol. The summed E-state index contributed by atoms with van der Waals surface area (Å²) in [6.45, 7) is 0.744. The van der Waals surface area contributed by atoms with E-state index in [4.69, 9.17) is 9.22 Å². The molecule has 0 spiro atoms. The van der Waals surface area contributed by atoms with Gasteiger partial charge in [-0.3, -0.25) is 0 Å². The smallest absolute Gasteiger partial charge is 0.102 e. The summed E-state index contributed by atoms with van der Waals surface area (Å²) in [4.78, 5) is 5.12. The monoisotopic (exact) mass is 292 g/mol. The first kappa shape index (κ1) is 16.7. The number of rotatable bonds is 0. The highest BCUT2D eigenvalue weighted by molar-refractivity contribution is 8.74. The van der Waals surface area contributed by atoms with Gasteiger partial charge in [0.2, 0.25) is 0 Å². The van der Waals surface area contributed by atoms with Gasteiger partial charge in [-0.2, -0.15) is 4.33 Å². The van der Waals surface area contributed by atoms with Gasteiger partial charge in [-0.25, -0.2) is 4.89 Å². The van der Waals surface area contributed by atoms with Crippen LogP contribution in [-0.4, -0.2) is 12.4 Å². The Kier molecular flexibility index (Phi) is 13.0. The van der Waals surface area contributed by atoms with E-state index in [2.05, 4.69) is 0 Å². The van der Waals surface area contributed by atoms with Crippen molar-refractivity contribution < 1.29 is 9.22 Å². The lowest BCUT2D eigenvalue weighted by atomic mass is 10.1. The fourth-order valence-corrected chi connectivity index (χ4v) is 3.53. The van der Waals surface area contributed by atoms with E-state index < -0.39 is 0 Å². The lowest BCUT2D eigenvalue weighted by molar-refractivity contribution is -0.189. The Morgan fingerprint density at radius 2 is 1.06 bits per heavy atom. The highest BCUT2D eigenvalue weighted by atomic mass is 33.1. The highest BCUT2D eigenvalue weighted by Gasteiger charge is 1.97. The molecule has 0 saturated carbocycles. The Hall–Kier alpha value is 0.620. The number of hydrogen-bond donors (Lipinski definition) is 0. The Labute approximate surface area is 120 Å². The molecule has 0 atom stereocenters. The van der Waals surface area contributed by atoms with E-state index >= 15 is 0 Å². The number of hydrogen-bond acceptors (Lipinski definition) is 4. The van der Waals surface area contributed by atoms with Crippen LogP contribution in [-0.2, 0) is 9.22 Å². The van der Waals surface area contributed by atoms with E-state index in [1.54, 1.807) is 10.8 Å². The van der Waals surface area contributed by atoms with Gasteiger partial charge in [-0.1, -0.05) is 75.0 Å². The Bertz CT molecular complexity index is 92.8. The largest absolute Gasteiger partial charge is 0.224 e. The molecule has 108 valence electrons. The SMILES string of the molecule is C1CCCCCCCSSOOCCCCCC1. The van der Waals surface area contributed by atoms with E-state index in [0.717, 1.165) is 13.0 Å². The molecule has 0 aliphatic carbocycles. The molecule has 1 rings (SSSR count). The van der Waals surface area contributed by atoms with Crippen LogP contribution in [0.2, 0.25) is 0 Å². The van der Waals surface area contributed by atoms with Gasteiger partial charge in [0.05, 0.1) is 6.61 Å². The summed E-state index contributed by atoms with van der Waals surface area (Å²) >= 11 is 1.39. The van der Waals surface area contributed by atoms with Gasteiger partial charge in [0, 0.05) is 5.75 Å². The summed E-state index contributed by atoms with van der Waals surface area (Å²) in [5.41, 5.74) is 0. The molecule has 0 N–H and O–H groups in total. The van der Waals surface area contributed by atoms with E-state index in [0.29, 0.717) is 0 Å². The summed E-state index contributed by atoms with van der Waals surface area (Å²) in [6, 6.07) is 0. The standard InChI is InChI=1S/C14H28O2S2/c1-2-4-6-8-10-12-14-17-18-16-15-13-11-9-7-5-3-1/h1-14H2. The molecule has 0 aromatic carbocycles. The topological polar surface area (TPSA) is 18.5 Å². The van der Waals surface area contributed by atoms with Crippen molar-refractivity contribution in [3.8, 4) is 0 Å². The van der Waals surface area contributed by atoms with Gasteiger partial charge in [-0.05, 0) is 12.8 Å². The second kappa shape index (κ2) is 14.0. The second-order valence-corrected chi connectivity index (χ2v) is 7.05. The Morgan fingerprint density at radius 3 is 1.67 bits per heavy atom. The van der Waals surface area contributed by atoms with E-state index in [9.17, 15) is 0 Å². The zero-order valence-electron chi connectivity index (χ0n) is 11.5. The Balaban J connectivity index is 2.00. The van der Waals surface area contributed by atoms with Crippen LogP contribution in [0.5, 0.6) is 0 Å². The third-order valence-corrected chi connectivity index (χ3v) is 4.99. The normalized spacial score (nSPS) is 24.0. The van der Waals surface area contributed by atoms with Gasteiger partial charge < -0.3 is 0 Å². The second-order valence-electron chi connectivity index (χ2n) is 5.02. The molecule has 2 nitrogen and oxygen atoms in total. The van der Waals surface area contributed by atoms with Crippen molar-refractivity contribution in [2.24, 2.45) is 0 Å². The van der Waals surface area contributed by atoms with Crippen LogP contribution in [0.15, 0.2) is 0 Å². The van der Waals surface area contributed by atoms with Crippen molar-refractivity contribution in [1.82, 2.24) is 0 Å². The molecular formula is C14H28O2S2. The van der Waals surface area contributed by atoms with E-state index in [1.165, 1.54) is 87.5 Å². The Morgan fingerprint density at radius 1 is 0.556 bits per heavy atom. The minimum Gasteiger partial charge on any atom is -0.224 e. The molecule has 1 saturated heterocycles. The summed E-state index contributed by atoms with van der Waals surface area (Å²) in [6.07, 6.45) is 16.4. The van der Waals surface area contributed by atoms with Crippen molar-refractivity contribution in [1.29, 1.82) is 0 Å². The van der Waals surface area contributed by atoms with Gasteiger partial charge in [0.1, 0.15) is 11.1 Å². The van der Waals surface area contributed by atoms with Crippen molar-refractivity contribution in [2.75, 3.05) is 12.4 Å². The van der Waals surface area contributed by atoms with Crippen molar-refractivity contribution in [2.45, 2.75) is 77.0 Å². The molecule has 0 unspecified atom stereocenters. The molecule has 1 fully saturated rings. The lowest BCUT2D eigenvalue weighted by Crippen LogP contribution is -1.91. The summed E-state index contributed by atoms with van der Waals surface area (Å²) in [7, 11) is 1.77. The van der Waals surface area contributed by atoms with Gasteiger partial charge in [-0.15, -0.1) is 0 Å². The first-order valence-electron chi connectivity index (χ1n) is 7.58. The summed E-state index contributed by atoms with van der Waals surface area (Å²) in [5.74, 6) is 1.17. The van der Waals surface area contributed by atoms with E-state index in [1.807, 2.05) is 0 Å². The van der Waals surface area contributed by atoms with Gasteiger partial charge >= 0.3 is 0 Å². The van der Waals surface area contributed by atoms with Crippen LogP contribution in [0.25, 0.3) is 0 Å². The average Bonchev–Trinajstić information content (AvgIpc) is 2.39. The third kappa shape index (κ3) is 11.7. The van der Waals surface area contributed by atoms with Crippen LogP contribution in [0.1, 0.15) is 77.0 Å². The molecule has 1 aliphatic rings. The fourth-order valence-electron chi connectivity index (χ4n) is 2.20. The zero-order chi connectivity index (χ0) is 12.7. The lowest BCUT2D eigenvalue weighted by Gasteiger charge is -2.05. The quantitative estimate of drug-likeness (QED) is 0.313. The maximum absolute atomic E-state index is 5.12. The first-order chi connectivity index (χ1) is 9.00. The van der Waals surface area contributed by atoms with Crippen molar-refractivity contribution in [3.63, 3.8) is 0 Å². The third-order valence-electron chi connectivity index (χ3n) is 3.33. The molecule has 18 heavy (non-hydrogen) atoms. The molecule has 0 radical (unpaired) electrons. The first-order valence-corrected chi connectivity index (χ1v) is 9.82. The van der Waals surface area contributed by atoms with Crippen LogP contribution < -0.4 is 0 Å². The highest BCUT2D eigenvalue weighted by Crippen LogP contribution is 2.24. The average molecular weight is 293 g/mol. The summed E-state index contributed by atoms with van der Waals surface area (Å²) < 4.78 is 5.06. The van der Waals surface area contributed by atoms with E-state index in [-0.39, 0.29) is 0 Å².